The first kappa shape index (κ1) is 27.0. The van der Waals surface area contributed by atoms with Gasteiger partial charge in [-0.3, -0.25) is 4.99 Å². The van der Waals surface area contributed by atoms with Crippen molar-refractivity contribution in [1.82, 2.24) is 20.1 Å². The fraction of sp³-hybridized carbons (Fsp3) is 0.478. The Morgan fingerprint density at radius 2 is 1.79 bits per heavy atom. The van der Waals surface area contributed by atoms with Gasteiger partial charge in [0.2, 0.25) is 0 Å². The summed E-state index contributed by atoms with van der Waals surface area (Å²) in [4.78, 5) is 15.7. The van der Waals surface area contributed by atoms with E-state index in [0.29, 0.717) is 13.1 Å². The number of guanidine groups is 1. The van der Waals surface area contributed by atoms with Crippen molar-refractivity contribution in [2.75, 3.05) is 51.7 Å². The summed E-state index contributed by atoms with van der Waals surface area (Å²) >= 11 is 0. The van der Waals surface area contributed by atoms with E-state index in [1.807, 2.05) is 18.1 Å². The first-order valence-corrected chi connectivity index (χ1v) is 10.9. The molecule has 1 aromatic heterocycles. The Balaban J connectivity index is 0.00000385. The van der Waals surface area contributed by atoms with E-state index in [2.05, 4.69) is 48.9 Å². The normalized spacial score (nSPS) is 14.7. The van der Waals surface area contributed by atoms with Gasteiger partial charge in [0.25, 0.3) is 0 Å². The fourth-order valence-electron chi connectivity index (χ4n) is 3.69. The minimum atomic E-state index is -2.82. The number of aromatic nitrogens is 1. The van der Waals surface area contributed by atoms with Crippen molar-refractivity contribution in [3.8, 4) is 5.75 Å². The highest BCUT2D eigenvalue weighted by atomic mass is 127. The molecule has 2 aromatic rings. The molecule has 0 radical (unpaired) electrons. The summed E-state index contributed by atoms with van der Waals surface area (Å²) in [5.74, 6) is 1.90. The Morgan fingerprint density at radius 1 is 1.12 bits per heavy atom. The average molecular weight is 574 g/mol. The summed E-state index contributed by atoms with van der Waals surface area (Å²) in [7, 11) is 3.66. The number of alkyl halides is 2. The van der Waals surface area contributed by atoms with Gasteiger partial charge in [0, 0.05) is 59.6 Å². The van der Waals surface area contributed by atoms with Crippen LogP contribution in [0.15, 0.2) is 47.6 Å². The van der Waals surface area contributed by atoms with Crippen LogP contribution in [0, 0.1) is 0 Å². The van der Waals surface area contributed by atoms with E-state index < -0.39 is 6.61 Å². The summed E-state index contributed by atoms with van der Waals surface area (Å²) in [5, 5.41) is 3.35. The van der Waals surface area contributed by atoms with Gasteiger partial charge in [0.1, 0.15) is 11.6 Å². The third-order valence-corrected chi connectivity index (χ3v) is 5.54. The van der Waals surface area contributed by atoms with Crippen molar-refractivity contribution >= 4 is 35.8 Å². The monoisotopic (exact) mass is 574 g/mol. The fourth-order valence-corrected chi connectivity index (χ4v) is 3.69. The van der Waals surface area contributed by atoms with Gasteiger partial charge in [-0.05, 0) is 35.9 Å². The lowest BCUT2D eigenvalue weighted by Gasteiger charge is -2.34. The second-order valence-electron chi connectivity index (χ2n) is 7.73. The third-order valence-electron chi connectivity index (χ3n) is 5.54. The highest BCUT2D eigenvalue weighted by Crippen LogP contribution is 2.16. The molecule has 1 aromatic carbocycles. The molecule has 10 heteroatoms. The molecule has 1 aliphatic heterocycles. The smallest absolute Gasteiger partial charge is 0.387 e. The molecule has 1 N–H and O–H groups in total. The second-order valence-corrected chi connectivity index (χ2v) is 7.73. The molecule has 0 aliphatic carbocycles. The zero-order valence-electron chi connectivity index (χ0n) is 19.4. The molecule has 0 unspecified atom stereocenters. The number of halogens is 3. The maximum Gasteiger partial charge on any atom is 0.387 e. The van der Waals surface area contributed by atoms with E-state index in [0.717, 1.165) is 55.6 Å². The van der Waals surface area contributed by atoms with Gasteiger partial charge in [-0.1, -0.05) is 25.1 Å². The van der Waals surface area contributed by atoms with Crippen LogP contribution in [-0.2, 0) is 13.1 Å². The van der Waals surface area contributed by atoms with Crippen LogP contribution in [0.1, 0.15) is 18.1 Å². The van der Waals surface area contributed by atoms with Crippen molar-refractivity contribution < 1.29 is 13.5 Å². The second kappa shape index (κ2) is 13.5. The molecular formula is C23H33F2IN6O. The van der Waals surface area contributed by atoms with Gasteiger partial charge in [-0.2, -0.15) is 8.78 Å². The van der Waals surface area contributed by atoms with Gasteiger partial charge in [-0.25, -0.2) is 4.98 Å². The molecular weight excluding hydrogens is 541 g/mol. The lowest BCUT2D eigenvalue weighted by molar-refractivity contribution is -0.0498. The Hall–Kier alpha value is -2.21. The molecule has 3 rings (SSSR count). The number of ether oxygens (including phenoxy) is 1. The first-order chi connectivity index (χ1) is 15.5. The van der Waals surface area contributed by atoms with Crippen LogP contribution in [-0.4, -0.2) is 74.2 Å². The quantitative estimate of drug-likeness (QED) is 0.295. The Morgan fingerprint density at radius 3 is 2.33 bits per heavy atom. The predicted molar refractivity (Wildman–Crippen MR) is 139 cm³/mol. The number of aliphatic imine (C=N–C) groups is 1. The van der Waals surface area contributed by atoms with E-state index in [1.54, 1.807) is 31.3 Å². The summed E-state index contributed by atoms with van der Waals surface area (Å²) in [5.41, 5.74) is 2.04. The van der Waals surface area contributed by atoms with E-state index in [-0.39, 0.29) is 29.7 Å². The number of nitrogens with zero attached hydrogens (tertiary/aromatic N) is 5. The molecule has 0 saturated carbocycles. The van der Waals surface area contributed by atoms with E-state index in [1.165, 1.54) is 0 Å². The number of nitrogens with one attached hydrogen (secondary N) is 1. The number of pyridine rings is 1. The van der Waals surface area contributed by atoms with Gasteiger partial charge in [0.05, 0.1) is 0 Å². The van der Waals surface area contributed by atoms with Crippen LogP contribution in [0.5, 0.6) is 5.75 Å². The van der Waals surface area contributed by atoms with Crippen LogP contribution < -0.4 is 15.0 Å². The third kappa shape index (κ3) is 8.26. The number of rotatable bonds is 8. The number of benzene rings is 1. The molecule has 0 spiro atoms. The minimum absolute atomic E-state index is 0. The van der Waals surface area contributed by atoms with Gasteiger partial charge in [-0.15, -0.1) is 24.0 Å². The van der Waals surface area contributed by atoms with Crippen LogP contribution in [0.2, 0.25) is 0 Å². The van der Waals surface area contributed by atoms with Crippen molar-refractivity contribution in [1.29, 1.82) is 0 Å². The SMILES string of the molecule is CCN1CCN(c2ccc(CNC(=NC)N(C)Cc3ccc(OC(F)F)cc3)cn2)CC1.I. The molecule has 0 atom stereocenters. The lowest BCUT2D eigenvalue weighted by atomic mass is 10.2. The van der Waals surface area contributed by atoms with Gasteiger partial charge in [0.15, 0.2) is 5.96 Å². The van der Waals surface area contributed by atoms with E-state index >= 15 is 0 Å². The van der Waals surface area contributed by atoms with Crippen molar-refractivity contribution in [3.63, 3.8) is 0 Å². The Bertz CT molecular complexity index is 858. The molecule has 7 nitrogen and oxygen atoms in total. The molecule has 182 valence electrons. The van der Waals surface area contributed by atoms with Gasteiger partial charge >= 0.3 is 6.61 Å². The molecule has 1 aliphatic rings. The number of likely N-dealkylation sites (N-methyl/N-ethyl adjacent to an activating group) is 1. The number of hydrogen-bond acceptors (Lipinski definition) is 5. The number of anilines is 1. The zero-order valence-corrected chi connectivity index (χ0v) is 21.7. The van der Waals surface area contributed by atoms with Gasteiger partial charge < -0.3 is 24.8 Å². The maximum absolute atomic E-state index is 12.3. The summed E-state index contributed by atoms with van der Waals surface area (Å²) < 4.78 is 29.0. The van der Waals surface area contributed by atoms with Crippen LogP contribution in [0.4, 0.5) is 14.6 Å². The Labute approximate surface area is 211 Å². The average Bonchev–Trinajstić information content (AvgIpc) is 2.81. The topological polar surface area (TPSA) is 56.2 Å². The Kier molecular flexibility index (Phi) is 11.0. The molecule has 0 amide bonds. The maximum atomic E-state index is 12.3. The number of piperazine rings is 1. The highest BCUT2D eigenvalue weighted by molar-refractivity contribution is 14.0. The van der Waals surface area contributed by atoms with E-state index in [9.17, 15) is 8.78 Å². The minimum Gasteiger partial charge on any atom is -0.435 e. The standard InChI is InChI=1S/C23H32F2N6O.HI/c1-4-30-11-13-31(14-12-30)21-10-7-19(15-27-21)16-28-23(26-2)29(3)17-18-5-8-20(9-6-18)32-22(24)25;/h5-10,15,22H,4,11-14,16-17H2,1-3H3,(H,26,28);1H. The summed E-state index contributed by atoms with van der Waals surface area (Å²) in [6.45, 7) is 5.82. The summed E-state index contributed by atoms with van der Waals surface area (Å²) in [6, 6.07) is 10.8. The zero-order chi connectivity index (χ0) is 22.9. The molecule has 1 saturated heterocycles. The van der Waals surface area contributed by atoms with Crippen LogP contribution in [0.25, 0.3) is 0 Å². The van der Waals surface area contributed by atoms with Crippen LogP contribution in [0.3, 0.4) is 0 Å². The largest absolute Gasteiger partial charge is 0.435 e. The van der Waals surface area contributed by atoms with E-state index in [4.69, 9.17) is 0 Å². The van der Waals surface area contributed by atoms with Crippen molar-refractivity contribution in [3.05, 3.63) is 53.7 Å². The molecule has 33 heavy (non-hydrogen) atoms. The molecule has 2 heterocycles. The first-order valence-electron chi connectivity index (χ1n) is 10.9. The summed E-state index contributed by atoms with van der Waals surface area (Å²) in [6.07, 6.45) is 1.91. The molecule has 1 fully saturated rings. The van der Waals surface area contributed by atoms with Crippen molar-refractivity contribution in [2.45, 2.75) is 26.6 Å². The number of hydrogen-bond donors (Lipinski definition) is 1. The van der Waals surface area contributed by atoms with Crippen molar-refractivity contribution in [2.24, 2.45) is 4.99 Å². The van der Waals surface area contributed by atoms with Crippen LogP contribution >= 0.6 is 24.0 Å². The predicted octanol–water partition coefficient (Wildman–Crippen LogP) is 3.65. The lowest BCUT2D eigenvalue weighted by Crippen LogP contribution is -2.46. The highest BCUT2D eigenvalue weighted by Gasteiger charge is 2.16. The molecule has 0 bridgehead atoms.